The molecule has 0 spiro atoms. The summed E-state index contributed by atoms with van der Waals surface area (Å²) < 4.78 is 10.7. The molecule has 3 aromatic carbocycles. The Bertz CT molecular complexity index is 955. The third-order valence-corrected chi connectivity index (χ3v) is 5.18. The Morgan fingerprint density at radius 3 is 2.33 bits per heavy atom. The van der Waals surface area contributed by atoms with E-state index in [1.807, 2.05) is 65.6 Å². The number of amides is 1. The summed E-state index contributed by atoms with van der Waals surface area (Å²) in [6.45, 7) is 3.12. The van der Waals surface area contributed by atoms with Gasteiger partial charge >= 0.3 is 0 Å². The second kappa shape index (κ2) is 10.6. The lowest BCUT2D eigenvalue weighted by molar-refractivity contribution is 0.0674. The quantitative estimate of drug-likeness (QED) is 0.498. The van der Waals surface area contributed by atoms with Crippen molar-refractivity contribution in [2.24, 2.45) is 0 Å². The molecule has 0 aliphatic heterocycles. The maximum atomic E-state index is 13.5. The number of hydrogen-bond donors (Lipinski definition) is 0. The van der Waals surface area contributed by atoms with Crippen molar-refractivity contribution in [3.05, 3.63) is 101 Å². The van der Waals surface area contributed by atoms with Crippen molar-refractivity contribution >= 4 is 5.91 Å². The van der Waals surface area contributed by atoms with Gasteiger partial charge in [0, 0.05) is 25.3 Å². The van der Waals surface area contributed by atoms with E-state index in [0.717, 1.165) is 22.4 Å². The number of ether oxygens (including phenoxy) is 2. The lowest BCUT2D eigenvalue weighted by Crippen LogP contribution is -2.39. The zero-order chi connectivity index (χ0) is 21.3. The van der Waals surface area contributed by atoms with E-state index in [2.05, 4.69) is 25.1 Å². The minimum absolute atomic E-state index is 0.0132. The van der Waals surface area contributed by atoms with Gasteiger partial charge in [-0.3, -0.25) is 4.79 Å². The zero-order valence-corrected chi connectivity index (χ0v) is 17.9. The Balaban J connectivity index is 1.89. The van der Waals surface area contributed by atoms with Crippen LogP contribution in [-0.4, -0.2) is 31.1 Å². The van der Waals surface area contributed by atoms with Crippen LogP contribution in [0.15, 0.2) is 78.9 Å². The smallest absolute Gasteiger partial charge is 0.254 e. The summed E-state index contributed by atoms with van der Waals surface area (Å²) in [7, 11) is 3.34. The largest absolute Gasteiger partial charge is 0.496 e. The van der Waals surface area contributed by atoms with E-state index in [9.17, 15) is 4.79 Å². The van der Waals surface area contributed by atoms with E-state index in [-0.39, 0.29) is 11.9 Å². The number of carbonyl (C=O) groups is 1. The summed E-state index contributed by atoms with van der Waals surface area (Å²) in [5.41, 5.74) is 3.85. The average Bonchev–Trinajstić information content (AvgIpc) is 2.78. The first kappa shape index (κ1) is 21.6. The topological polar surface area (TPSA) is 38.8 Å². The number of rotatable bonds is 9. The Morgan fingerprint density at radius 2 is 1.60 bits per heavy atom. The lowest BCUT2D eigenvalue weighted by Gasteiger charge is -2.30. The number of benzene rings is 3. The van der Waals surface area contributed by atoms with Gasteiger partial charge in [0.25, 0.3) is 5.91 Å². The van der Waals surface area contributed by atoms with Gasteiger partial charge in [0.15, 0.2) is 0 Å². The second-order valence-corrected chi connectivity index (χ2v) is 7.42. The van der Waals surface area contributed by atoms with Crippen molar-refractivity contribution in [2.45, 2.75) is 32.5 Å². The van der Waals surface area contributed by atoms with E-state index >= 15 is 0 Å². The summed E-state index contributed by atoms with van der Waals surface area (Å²) in [5.74, 6) is 0.859. The maximum absolute atomic E-state index is 13.5. The Kier molecular flexibility index (Phi) is 7.63. The molecule has 0 radical (unpaired) electrons. The molecule has 0 heterocycles. The van der Waals surface area contributed by atoms with E-state index in [4.69, 9.17) is 9.47 Å². The third kappa shape index (κ3) is 5.49. The minimum atomic E-state index is -0.0138. The van der Waals surface area contributed by atoms with Crippen LogP contribution in [0.5, 0.6) is 5.75 Å². The molecule has 0 aliphatic carbocycles. The molecule has 0 N–H and O–H groups in total. The zero-order valence-electron chi connectivity index (χ0n) is 17.9. The predicted octanol–water partition coefficient (Wildman–Crippen LogP) is 5.12. The molecular weight excluding hydrogens is 374 g/mol. The highest BCUT2D eigenvalue weighted by atomic mass is 16.5. The second-order valence-electron chi connectivity index (χ2n) is 7.42. The number of methoxy groups -OCH3 is 2. The standard InChI is InChI=1S/C26H29NO3/c1-20(16-23-13-7-8-15-25(23)30-3)27(18-21-10-5-4-6-11-21)26(28)24-14-9-12-22(17-24)19-29-2/h4-15,17,20H,16,18-19H2,1-3H3. The SMILES string of the molecule is COCc1cccc(C(=O)N(Cc2ccccc2)C(C)Cc2ccccc2OC)c1. The fourth-order valence-corrected chi connectivity index (χ4v) is 3.63. The first-order valence-electron chi connectivity index (χ1n) is 10.2. The molecule has 0 saturated carbocycles. The van der Waals surface area contributed by atoms with Crippen molar-refractivity contribution in [3.63, 3.8) is 0 Å². The summed E-state index contributed by atoms with van der Waals surface area (Å²) in [5, 5.41) is 0. The molecule has 1 atom stereocenters. The maximum Gasteiger partial charge on any atom is 0.254 e. The third-order valence-electron chi connectivity index (χ3n) is 5.18. The molecule has 3 aromatic rings. The summed E-state index contributed by atoms with van der Waals surface area (Å²) in [4.78, 5) is 15.5. The molecule has 0 saturated heterocycles. The Labute approximate surface area is 179 Å². The van der Waals surface area contributed by atoms with Gasteiger partial charge in [0.05, 0.1) is 13.7 Å². The molecule has 0 aromatic heterocycles. The van der Waals surface area contributed by atoms with Crippen LogP contribution in [0.25, 0.3) is 0 Å². The van der Waals surface area contributed by atoms with Crippen LogP contribution in [0, 0.1) is 0 Å². The molecular formula is C26H29NO3. The van der Waals surface area contributed by atoms with Gasteiger partial charge in [-0.15, -0.1) is 0 Å². The first-order valence-corrected chi connectivity index (χ1v) is 10.2. The average molecular weight is 404 g/mol. The minimum Gasteiger partial charge on any atom is -0.496 e. The monoisotopic (exact) mass is 403 g/mol. The van der Waals surface area contributed by atoms with Crippen molar-refractivity contribution in [2.75, 3.05) is 14.2 Å². The van der Waals surface area contributed by atoms with Crippen LogP contribution in [0.2, 0.25) is 0 Å². The van der Waals surface area contributed by atoms with E-state index < -0.39 is 0 Å². The van der Waals surface area contributed by atoms with Crippen LogP contribution in [-0.2, 0) is 24.3 Å². The van der Waals surface area contributed by atoms with Crippen LogP contribution >= 0.6 is 0 Å². The van der Waals surface area contributed by atoms with Gasteiger partial charge in [-0.2, -0.15) is 0 Å². The molecule has 4 nitrogen and oxygen atoms in total. The van der Waals surface area contributed by atoms with Crippen LogP contribution < -0.4 is 4.74 Å². The molecule has 3 rings (SSSR count). The number of para-hydroxylation sites is 1. The molecule has 1 unspecified atom stereocenters. The summed E-state index contributed by atoms with van der Waals surface area (Å²) in [6, 6.07) is 25.7. The van der Waals surface area contributed by atoms with Crippen LogP contribution in [0.1, 0.15) is 34.0 Å². The number of hydrogen-bond acceptors (Lipinski definition) is 3. The van der Waals surface area contributed by atoms with Gasteiger partial charge in [-0.05, 0) is 48.2 Å². The van der Waals surface area contributed by atoms with E-state index in [1.165, 1.54) is 0 Å². The van der Waals surface area contributed by atoms with Crippen molar-refractivity contribution in [3.8, 4) is 5.75 Å². The first-order chi connectivity index (χ1) is 14.6. The fraction of sp³-hybridized carbons (Fsp3) is 0.269. The van der Waals surface area contributed by atoms with Crippen molar-refractivity contribution < 1.29 is 14.3 Å². The van der Waals surface area contributed by atoms with E-state index in [1.54, 1.807) is 14.2 Å². The highest BCUT2D eigenvalue weighted by Gasteiger charge is 2.23. The van der Waals surface area contributed by atoms with Crippen LogP contribution in [0.3, 0.4) is 0 Å². The van der Waals surface area contributed by atoms with Crippen molar-refractivity contribution in [1.82, 2.24) is 4.90 Å². The predicted molar refractivity (Wildman–Crippen MR) is 120 cm³/mol. The molecule has 0 aliphatic rings. The summed E-state index contributed by atoms with van der Waals surface area (Å²) in [6.07, 6.45) is 0.709. The van der Waals surface area contributed by atoms with Gasteiger partial charge in [0.1, 0.15) is 5.75 Å². The highest BCUT2D eigenvalue weighted by Crippen LogP contribution is 2.23. The van der Waals surface area contributed by atoms with Crippen molar-refractivity contribution in [1.29, 1.82) is 0 Å². The Morgan fingerprint density at radius 1 is 0.900 bits per heavy atom. The van der Waals surface area contributed by atoms with Gasteiger partial charge in [0.2, 0.25) is 0 Å². The lowest BCUT2D eigenvalue weighted by atomic mass is 10.0. The molecule has 0 bridgehead atoms. The Hall–Kier alpha value is -3.11. The molecule has 30 heavy (non-hydrogen) atoms. The van der Waals surface area contributed by atoms with Gasteiger partial charge < -0.3 is 14.4 Å². The number of carbonyl (C=O) groups excluding carboxylic acids is 1. The molecule has 156 valence electrons. The molecule has 0 fully saturated rings. The fourth-order valence-electron chi connectivity index (χ4n) is 3.63. The normalized spacial score (nSPS) is 11.7. The van der Waals surface area contributed by atoms with Crippen LogP contribution in [0.4, 0.5) is 0 Å². The van der Waals surface area contributed by atoms with Gasteiger partial charge in [-0.25, -0.2) is 0 Å². The number of nitrogens with zero attached hydrogens (tertiary/aromatic N) is 1. The highest BCUT2D eigenvalue weighted by molar-refractivity contribution is 5.94. The molecule has 1 amide bonds. The van der Waals surface area contributed by atoms with E-state index in [0.29, 0.717) is 25.1 Å². The molecule has 4 heteroatoms. The summed E-state index contributed by atoms with van der Waals surface area (Å²) >= 11 is 0. The van der Waals surface area contributed by atoms with Gasteiger partial charge in [-0.1, -0.05) is 60.7 Å².